The third kappa shape index (κ3) is 4.46. The van der Waals surface area contributed by atoms with Crippen LogP contribution in [-0.2, 0) is 0 Å². The van der Waals surface area contributed by atoms with Crippen molar-refractivity contribution in [1.29, 1.82) is 0 Å². The predicted octanol–water partition coefficient (Wildman–Crippen LogP) is 3.92. The second-order valence-corrected chi connectivity index (χ2v) is 5.45. The summed E-state index contributed by atoms with van der Waals surface area (Å²) in [6, 6.07) is 4.16. The lowest BCUT2D eigenvalue weighted by Crippen LogP contribution is -2.31. The highest BCUT2D eigenvalue weighted by molar-refractivity contribution is 5.99. The van der Waals surface area contributed by atoms with Crippen LogP contribution in [0, 0.1) is 20.8 Å². The number of nitrogens with zero attached hydrogens (tertiary/aromatic N) is 1. The Bertz CT molecular complexity index is 431. The molecule has 0 atom stereocenters. The van der Waals surface area contributed by atoms with Crippen LogP contribution in [-0.4, -0.2) is 30.3 Å². The SMILES string of the molecule is CCCN(CCC)CC(=O)c1cc(C)c(C)cc1C. The van der Waals surface area contributed by atoms with E-state index in [9.17, 15) is 4.79 Å². The van der Waals surface area contributed by atoms with Crippen LogP contribution in [0.1, 0.15) is 53.7 Å². The van der Waals surface area contributed by atoms with Crippen molar-refractivity contribution in [3.05, 3.63) is 34.4 Å². The van der Waals surface area contributed by atoms with Gasteiger partial charge in [0, 0.05) is 5.56 Å². The van der Waals surface area contributed by atoms with E-state index in [-0.39, 0.29) is 5.78 Å². The van der Waals surface area contributed by atoms with E-state index in [0.29, 0.717) is 6.54 Å². The Morgan fingerprint density at radius 3 is 2.00 bits per heavy atom. The van der Waals surface area contributed by atoms with Gasteiger partial charge < -0.3 is 0 Å². The van der Waals surface area contributed by atoms with Gasteiger partial charge >= 0.3 is 0 Å². The molecule has 0 radical (unpaired) electrons. The first-order valence-corrected chi connectivity index (χ1v) is 7.33. The van der Waals surface area contributed by atoms with Gasteiger partial charge in [-0.2, -0.15) is 0 Å². The van der Waals surface area contributed by atoms with Gasteiger partial charge in [-0.1, -0.05) is 19.9 Å². The average molecular weight is 261 g/mol. The van der Waals surface area contributed by atoms with Crippen molar-refractivity contribution in [1.82, 2.24) is 4.90 Å². The fourth-order valence-electron chi connectivity index (χ4n) is 2.45. The molecule has 0 aromatic heterocycles. The third-order valence-corrected chi connectivity index (χ3v) is 3.59. The van der Waals surface area contributed by atoms with Crippen molar-refractivity contribution in [2.45, 2.75) is 47.5 Å². The first-order chi connectivity index (χ1) is 8.99. The van der Waals surface area contributed by atoms with Crippen molar-refractivity contribution in [3.8, 4) is 0 Å². The number of carbonyl (C=O) groups is 1. The minimum Gasteiger partial charge on any atom is -0.296 e. The topological polar surface area (TPSA) is 20.3 Å². The Hall–Kier alpha value is -1.15. The van der Waals surface area contributed by atoms with Gasteiger partial charge in [0.1, 0.15) is 0 Å². The summed E-state index contributed by atoms with van der Waals surface area (Å²) in [4.78, 5) is 14.7. The number of hydrogen-bond donors (Lipinski definition) is 0. The van der Waals surface area contributed by atoms with Crippen molar-refractivity contribution in [3.63, 3.8) is 0 Å². The first kappa shape index (κ1) is 15.9. The highest BCUT2D eigenvalue weighted by atomic mass is 16.1. The van der Waals surface area contributed by atoms with Gasteiger partial charge in [-0.25, -0.2) is 0 Å². The van der Waals surface area contributed by atoms with Gasteiger partial charge in [0.2, 0.25) is 0 Å². The van der Waals surface area contributed by atoms with E-state index in [1.54, 1.807) is 0 Å². The minimum atomic E-state index is 0.252. The van der Waals surface area contributed by atoms with Crippen LogP contribution in [0.3, 0.4) is 0 Å². The van der Waals surface area contributed by atoms with Crippen molar-refractivity contribution >= 4 is 5.78 Å². The molecule has 0 saturated heterocycles. The Kier molecular flexibility index (Phi) is 6.23. The number of ketones is 1. The maximum absolute atomic E-state index is 12.4. The smallest absolute Gasteiger partial charge is 0.177 e. The predicted molar refractivity (Wildman–Crippen MR) is 82.0 cm³/mol. The van der Waals surface area contributed by atoms with Gasteiger partial charge in [0.15, 0.2) is 5.78 Å². The molecule has 1 rings (SSSR count). The normalized spacial score (nSPS) is 11.1. The molecule has 0 fully saturated rings. The lowest BCUT2D eigenvalue weighted by atomic mass is 9.98. The lowest BCUT2D eigenvalue weighted by molar-refractivity contribution is 0.0930. The first-order valence-electron chi connectivity index (χ1n) is 7.33. The van der Waals surface area contributed by atoms with Crippen molar-refractivity contribution < 1.29 is 4.79 Å². The summed E-state index contributed by atoms with van der Waals surface area (Å²) in [5.41, 5.74) is 4.45. The summed E-state index contributed by atoms with van der Waals surface area (Å²) in [6.07, 6.45) is 2.19. The minimum absolute atomic E-state index is 0.252. The van der Waals surface area contributed by atoms with Crippen LogP contribution in [0.2, 0.25) is 0 Å². The average Bonchev–Trinajstić information content (AvgIpc) is 2.34. The highest BCUT2D eigenvalue weighted by Gasteiger charge is 2.14. The molecule has 1 aromatic carbocycles. The molecule has 0 N–H and O–H groups in total. The molecule has 0 unspecified atom stereocenters. The molecule has 0 spiro atoms. The van der Waals surface area contributed by atoms with Gasteiger partial charge in [-0.3, -0.25) is 9.69 Å². The van der Waals surface area contributed by atoms with Gasteiger partial charge in [0.25, 0.3) is 0 Å². The number of carbonyl (C=O) groups excluding carboxylic acids is 1. The molecule has 0 aliphatic rings. The number of Topliss-reactive ketones (excluding diaryl/α,β-unsaturated/α-hetero) is 1. The second kappa shape index (κ2) is 7.44. The van der Waals surface area contributed by atoms with E-state index in [2.05, 4.69) is 38.7 Å². The van der Waals surface area contributed by atoms with Crippen LogP contribution in [0.15, 0.2) is 12.1 Å². The molecule has 106 valence electrons. The Balaban J connectivity index is 2.84. The summed E-state index contributed by atoms with van der Waals surface area (Å²) < 4.78 is 0. The molecule has 0 amide bonds. The largest absolute Gasteiger partial charge is 0.296 e. The van der Waals surface area contributed by atoms with Gasteiger partial charge in [-0.15, -0.1) is 0 Å². The van der Waals surface area contributed by atoms with Crippen LogP contribution >= 0.6 is 0 Å². The number of benzene rings is 1. The quantitative estimate of drug-likeness (QED) is 0.693. The fraction of sp³-hybridized carbons (Fsp3) is 0.588. The van der Waals surface area contributed by atoms with Gasteiger partial charge in [0.05, 0.1) is 6.54 Å². The number of rotatable bonds is 7. The molecule has 0 saturated carbocycles. The zero-order chi connectivity index (χ0) is 14.4. The highest BCUT2D eigenvalue weighted by Crippen LogP contribution is 2.16. The molecular weight excluding hydrogens is 234 g/mol. The van der Waals surface area contributed by atoms with Crippen LogP contribution in [0.25, 0.3) is 0 Å². The summed E-state index contributed by atoms with van der Waals surface area (Å²) in [7, 11) is 0. The summed E-state index contributed by atoms with van der Waals surface area (Å²) in [5, 5.41) is 0. The molecule has 0 aliphatic heterocycles. The number of aryl methyl sites for hydroxylation is 3. The van der Waals surface area contributed by atoms with Crippen LogP contribution < -0.4 is 0 Å². The van der Waals surface area contributed by atoms with E-state index in [0.717, 1.165) is 37.1 Å². The summed E-state index contributed by atoms with van der Waals surface area (Å²) >= 11 is 0. The van der Waals surface area contributed by atoms with E-state index in [1.807, 2.05) is 13.0 Å². The lowest BCUT2D eigenvalue weighted by Gasteiger charge is -2.20. The van der Waals surface area contributed by atoms with Crippen molar-refractivity contribution in [2.24, 2.45) is 0 Å². The zero-order valence-corrected chi connectivity index (χ0v) is 13.0. The third-order valence-electron chi connectivity index (χ3n) is 3.59. The molecular formula is C17H27NO. The van der Waals surface area contributed by atoms with E-state index >= 15 is 0 Å². The number of hydrogen-bond acceptors (Lipinski definition) is 2. The molecule has 0 bridgehead atoms. The molecule has 0 heterocycles. The Labute approximate surface area is 117 Å². The summed E-state index contributed by atoms with van der Waals surface area (Å²) in [5.74, 6) is 0.252. The van der Waals surface area contributed by atoms with Crippen LogP contribution in [0.4, 0.5) is 0 Å². The second-order valence-electron chi connectivity index (χ2n) is 5.45. The molecule has 0 aliphatic carbocycles. The standard InChI is InChI=1S/C17H27NO/c1-6-8-18(9-7-2)12-17(19)16-11-14(4)13(3)10-15(16)5/h10-11H,6-9,12H2,1-5H3. The maximum atomic E-state index is 12.4. The Morgan fingerprint density at radius 1 is 0.947 bits per heavy atom. The van der Waals surface area contributed by atoms with E-state index in [1.165, 1.54) is 11.1 Å². The Morgan fingerprint density at radius 2 is 1.47 bits per heavy atom. The monoisotopic (exact) mass is 261 g/mol. The van der Waals surface area contributed by atoms with E-state index < -0.39 is 0 Å². The molecule has 2 nitrogen and oxygen atoms in total. The summed E-state index contributed by atoms with van der Waals surface area (Å²) in [6.45, 7) is 13.1. The zero-order valence-electron chi connectivity index (χ0n) is 13.0. The molecule has 1 aromatic rings. The van der Waals surface area contributed by atoms with Crippen molar-refractivity contribution in [2.75, 3.05) is 19.6 Å². The van der Waals surface area contributed by atoms with E-state index in [4.69, 9.17) is 0 Å². The fourth-order valence-corrected chi connectivity index (χ4v) is 2.45. The molecule has 19 heavy (non-hydrogen) atoms. The van der Waals surface area contributed by atoms with Crippen LogP contribution in [0.5, 0.6) is 0 Å². The molecule has 2 heteroatoms. The maximum Gasteiger partial charge on any atom is 0.177 e. The van der Waals surface area contributed by atoms with Gasteiger partial charge in [-0.05, 0) is 69.5 Å².